The number of alkyl carbamates (subject to hydrolysis) is 4. The lowest BCUT2D eigenvalue weighted by atomic mass is 9.60. The molecule has 0 spiro atoms. The first-order valence-corrected chi connectivity index (χ1v) is 19.9. The molecule has 330 valence electrons. The number of ether oxygens (including phenoxy) is 7. The zero-order valence-electron chi connectivity index (χ0n) is 36.0. The van der Waals surface area contributed by atoms with E-state index in [4.69, 9.17) is 33.2 Å². The Kier molecular flexibility index (Phi) is 19.3. The smallest absolute Gasteiger partial charge is 0.407 e. The van der Waals surface area contributed by atoms with E-state index in [0.29, 0.717) is 25.8 Å². The van der Waals surface area contributed by atoms with Crippen LogP contribution in [0.2, 0.25) is 0 Å². The average Bonchev–Trinajstić information content (AvgIpc) is 3.10. The number of nitrogens with one attached hydrogen (secondary N) is 4. The van der Waals surface area contributed by atoms with Crippen molar-refractivity contribution in [3.05, 3.63) is 25.3 Å². The third-order valence-corrected chi connectivity index (χ3v) is 10.3. The Balaban J connectivity index is 1.74. The number of hydrogen-bond acceptors (Lipinski definition) is 13. The number of amides is 4. The van der Waals surface area contributed by atoms with Gasteiger partial charge >= 0.3 is 36.3 Å². The predicted molar refractivity (Wildman–Crippen MR) is 214 cm³/mol. The van der Waals surface area contributed by atoms with Crippen LogP contribution in [0.5, 0.6) is 0 Å². The topological polar surface area (TPSA) is 215 Å². The second-order valence-electron chi connectivity index (χ2n) is 17.8. The molecule has 2 aliphatic carbocycles. The van der Waals surface area contributed by atoms with Gasteiger partial charge in [-0.25, -0.2) is 28.8 Å². The van der Waals surface area contributed by atoms with E-state index >= 15 is 0 Å². The SMILES string of the molecule is C=CC(=O)OCCOC(=O)NC1CC(C)(C)CC(C)(CNC(=O)OCC(C)OCC(C)OC(=O)NC2CC(C)(C)CC(C)(C(C)NC(=O)OCCOC(=O)C=C)C2)C1. The third-order valence-electron chi connectivity index (χ3n) is 10.3. The van der Waals surface area contributed by atoms with Crippen LogP contribution >= 0.6 is 0 Å². The highest BCUT2D eigenvalue weighted by Gasteiger charge is 2.46. The van der Waals surface area contributed by atoms with E-state index in [1.807, 2.05) is 13.8 Å². The van der Waals surface area contributed by atoms with Gasteiger partial charge in [0, 0.05) is 36.8 Å². The molecule has 4 amide bonds. The molecule has 17 heteroatoms. The Morgan fingerprint density at radius 2 is 1.14 bits per heavy atom. The summed E-state index contributed by atoms with van der Waals surface area (Å²) in [5.41, 5.74) is -0.985. The summed E-state index contributed by atoms with van der Waals surface area (Å²) in [7, 11) is 0. The van der Waals surface area contributed by atoms with E-state index < -0.39 is 48.5 Å². The normalized spacial score (nSPS) is 24.8. The molecule has 0 saturated heterocycles. The van der Waals surface area contributed by atoms with Crippen LogP contribution in [-0.2, 0) is 42.7 Å². The standard InChI is InChI=1S/C41H68N4O13/c1-12-32(46)52-14-16-54-35(49)43-29(5)41(11)21-31(19-39(8,9)25-41)45-37(51)58-28(4)23-56-27(3)22-57-34(48)42-26-40(10)20-30(18-38(6,7)24-40)44-36(50)55-17-15-53-33(47)13-2/h12-13,27-31H,1-2,14-26H2,3-11H3,(H,42,48)(H,43,49)(H,44,50)(H,45,51). The lowest BCUT2D eigenvalue weighted by Crippen LogP contribution is -2.54. The molecule has 7 unspecified atom stereocenters. The molecule has 0 aliphatic heterocycles. The van der Waals surface area contributed by atoms with E-state index in [1.165, 1.54) is 0 Å². The van der Waals surface area contributed by atoms with E-state index in [1.54, 1.807) is 13.8 Å². The second-order valence-corrected chi connectivity index (χ2v) is 17.8. The van der Waals surface area contributed by atoms with Crippen LogP contribution in [-0.4, -0.2) is 113 Å². The van der Waals surface area contributed by atoms with Gasteiger partial charge < -0.3 is 54.4 Å². The molecule has 17 nitrogen and oxygen atoms in total. The van der Waals surface area contributed by atoms with Crippen molar-refractivity contribution in [2.75, 3.05) is 46.2 Å². The summed E-state index contributed by atoms with van der Waals surface area (Å²) < 4.78 is 36.8. The van der Waals surface area contributed by atoms with Crippen molar-refractivity contribution in [2.45, 2.75) is 131 Å². The van der Waals surface area contributed by atoms with Crippen LogP contribution in [0.1, 0.15) is 101 Å². The minimum absolute atomic E-state index is 0.0244. The summed E-state index contributed by atoms with van der Waals surface area (Å²) in [4.78, 5) is 72.8. The summed E-state index contributed by atoms with van der Waals surface area (Å²) in [6, 6.07) is -0.701. The van der Waals surface area contributed by atoms with Gasteiger partial charge in [0.2, 0.25) is 0 Å². The Morgan fingerprint density at radius 3 is 1.72 bits per heavy atom. The molecule has 0 bridgehead atoms. The number of hydrogen-bond donors (Lipinski definition) is 4. The molecule has 58 heavy (non-hydrogen) atoms. The summed E-state index contributed by atoms with van der Waals surface area (Å²) in [6.45, 7) is 24.6. The molecule has 0 aromatic carbocycles. The Hall–Kier alpha value is -4.54. The van der Waals surface area contributed by atoms with Gasteiger partial charge in [0.15, 0.2) is 0 Å². The van der Waals surface area contributed by atoms with Crippen molar-refractivity contribution in [1.29, 1.82) is 0 Å². The van der Waals surface area contributed by atoms with Crippen LogP contribution in [0.3, 0.4) is 0 Å². The fraction of sp³-hybridized carbons (Fsp3) is 0.756. The fourth-order valence-corrected chi connectivity index (χ4v) is 8.41. The van der Waals surface area contributed by atoms with Gasteiger partial charge in [0.05, 0.1) is 12.7 Å². The maximum atomic E-state index is 12.9. The Morgan fingerprint density at radius 1 is 0.621 bits per heavy atom. The summed E-state index contributed by atoms with van der Waals surface area (Å²) in [6.07, 6.45) is 2.80. The Bertz CT molecular complexity index is 1440. The Labute approximate surface area is 343 Å². The summed E-state index contributed by atoms with van der Waals surface area (Å²) in [5.74, 6) is -1.19. The number of esters is 2. The van der Waals surface area contributed by atoms with E-state index in [-0.39, 0.29) is 79.4 Å². The summed E-state index contributed by atoms with van der Waals surface area (Å²) >= 11 is 0. The van der Waals surface area contributed by atoms with Gasteiger partial charge in [-0.05, 0) is 81.0 Å². The molecule has 4 N–H and O–H groups in total. The first-order valence-electron chi connectivity index (χ1n) is 19.9. The fourth-order valence-electron chi connectivity index (χ4n) is 8.41. The molecule has 2 rings (SSSR count). The van der Waals surface area contributed by atoms with Crippen molar-refractivity contribution in [1.82, 2.24) is 21.3 Å². The van der Waals surface area contributed by atoms with Crippen molar-refractivity contribution in [3.8, 4) is 0 Å². The quantitative estimate of drug-likeness (QED) is 0.0502. The first-order chi connectivity index (χ1) is 27.0. The van der Waals surface area contributed by atoms with Gasteiger partial charge in [-0.1, -0.05) is 54.7 Å². The zero-order chi connectivity index (χ0) is 43.7. The van der Waals surface area contributed by atoms with Crippen LogP contribution < -0.4 is 21.3 Å². The van der Waals surface area contributed by atoms with Crippen LogP contribution in [0.15, 0.2) is 25.3 Å². The van der Waals surface area contributed by atoms with Crippen LogP contribution in [0.4, 0.5) is 19.2 Å². The monoisotopic (exact) mass is 824 g/mol. The number of carbonyl (C=O) groups is 6. The molecule has 0 radical (unpaired) electrons. The molecule has 2 saturated carbocycles. The van der Waals surface area contributed by atoms with Crippen LogP contribution in [0.25, 0.3) is 0 Å². The predicted octanol–water partition coefficient (Wildman–Crippen LogP) is 5.70. The highest BCUT2D eigenvalue weighted by atomic mass is 16.6. The van der Waals surface area contributed by atoms with Crippen molar-refractivity contribution in [2.24, 2.45) is 21.7 Å². The first kappa shape index (κ1) is 49.6. The number of carbonyl (C=O) groups excluding carboxylic acids is 6. The van der Waals surface area contributed by atoms with E-state index in [2.05, 4.69) is 69.0 Å². The summed E-state index contributed by atoms with van der Waals surface area (Å²) in [5, 5.41) is 11.6. The highest BCUT2D eigenvalue weighted by Crippen LogP contribution is 2.48. The van der Waals surface area contributed by atoms with Gasteiger partial charge in [0.25, 0.3) is 0 Å². The zero-order valence-corrected chi connectivity index (χ0v) is 36.0. The van der Waals surface area contributed by atoms with Gasteiger partial charge in [-0.15, -0.1) is 0 Å². The lowest BCUT2D eigenvalue weighted by Gasteiger charge is -2.49. The minimum Gasteiger partial charge on any atom is -0.459 e. The van der Waals surface area contributed by atoms with Crippen molar-refractivity contribution >= 4 is 36.3 Å². The molecular weight excluding hydrogens is 756 g/mol. The third kappa shape index (κ3) is 18.8. The largest absolute Gasteiger partial charge is 0.459 e. The highest BCUT2D eigenvalue weighted by molar-refractivity contribution is 5.81. The minimum atomic E-state index is -0.628. The molecule has 0 heterocycles. The number of rotatable bonds is 20. The molecule has 0 aromatic heterocycles. The van der Waals surface area contributed by atoms with Crippen LogP contribution in [0, 0.1) is 21.7 Å². The molecule has 2 fully saturated rings. The van der Waals surface area contributed by atoms with Crippen molar-refractivity contribution in [3.63, 3.8) is 0 Å². The molecular formula is C41H68N4O13. The molecule has 0 aromatic rings. The lowest BCUT2D eigenvalue weighted by molar-refractivity contribution is -0.139. The molecule has 7 atom stereocenters. The van der Waals surface area contributed by atoms with Crippen molar-refractivity contribution < 1.29 is 61.9 Å². The average molecular weight is 825 g/mol. The van der Waals surface area contributed by atoms with E-state index in [0.717, 1.165) is 31.4 Å². The second kappa shape index (κ2) is 22.6. The van der Waals surface area contributed by atoms with Gasteiger partial charge in [-0.2, -0.15) is 0 Å². The maximum absolute atomic E-state index is 12.9. The van der Waals surface area contributed by atoms with Gasteiger partial charge in [-0.3, -0.25) is 0 Å². The van der Waals surface area contributed by atoms with Gasteiger partial charge in [0.1, 0.15) is 39.1 Å². The van der Waals surface area contributed by atoms with E-state index in [9.17, 15) is 28.8 Å². The molecule has 2 aliphatic rings. The maximum Gasteiger partial charge on any atom is 0.407 e.